The second-order valence-electron chi connectivity index (χ2n) is 9.54. The van der Waals surface area contributed by atoms with Crippen molar-refractivity contribution in [2.45, 2.75) is 60.4 Å². The van der Waals surface area contributed by atoms with E-state index in [0.717, 1.165) is 11.1 Å². The van der Waals surface area contributed by atoms with Gasteiger partial charge in [-0.05, 0) is 12.5 Å². The molecule has 2 unspecified atom stereocenters. The molecular formula is C29H32Cl3NO9. The number of rotatable bonds is 11. The molecule has 42 heavy (non-hydrogen) atoms. The van der Waals surface area contributed by atoms with E-state index in [4.69, 9.17) is 68.0 Å². The van der Waals surface area contributed by atoms with Gasteiger partial charge in [-0.1, -0.05) is 102 Å². The number of alkyl halides is 3. The molecule has 228 valence electrons. The first-order valence-electron chi connectivity index (χ1n) is 13.2. The molecule has 0 bridgehead atoms. The normalized spacial score (nSPS) is 26.4. The second-order valence-corrected chi connectivity index (χ2v) is 12.1. The van der Waals surface area contributed by atoms with Crippen molar-refractivity contribution in [3.05, 3.63) is 84.4 Å². The van der Waals surface area contributed by atoms with Crippen LogP contribution in [0.3, 0.4) is 0 Å². The van der Waals surface area contributed by atoms with Gasteiger partial charge in [-0.15, -0.1) is 6.58 Å². The van der Waals surface area contributed by atoms with Gasteiger partial charge in [-0.2, -0.15) is 0 Å². The van der Waals surface area contributed by atoms with E-state index in [1.807, 2.05) is 60.7 Å². The van der Waals surface area contributed by atoms with E-state index in [9.17, 15) is 9.59 Å². The van der Waals surface area contributed by atoms with Crippen LogP contribution in [0.1, 0.15) is 24.3 Å². The quantitative estimate of drug-likeness (QED) is 0.205. The first-order chi connectivity index (χ1) is 20.1. The summed E-state index contributed by atoms with van der Waals surface area (Å²) in [6, 6.07) is 17.5. The highest BCUT2D eigenvalue weighted by Gasteiger charge is 2.52. The van der Waals surface area contributed by atoms with E-state index in [1.165, 1.54) is 6.08 Å². The van der Waals surface area contributed by atoms with Crippen LogP contribution in [0.2, 0.25) is 0 Å². The summed E-state index contributed by atoms with van der Waals surface area (Å²) in [5.74, 6) is -0.616. The van der Waals surface area contributed by atoms with Crippen LogP contribution >= 0.6 is 34.8 Å². The molecule has 4 rings (SSSR count). The fourth-order valence-electron chi connectivity index (χ4n) is 4.43. The summed E-state index contributed by atoms with van der Waals surface area (Å²) in [6.07, 6.45) is -4.78. The SMILES string of the molecule is C=CCO[C@H]1O[C@@H]2COC(c3ccccc3)O[C@H]2[C@H](OC(C)C(=O)OCc2ccccc2)[C@H]1NC(=O)OCC(Cl)(Cl)Cl. The molecule has 7 atom stereocenters. The number of hydrogen-bond acceptors (Lipinski definition) is 9. The minimum Gasteiger partial charge on any atom is -0.459 e. The predicted octanol–water partition coefficient (Wildman–Crippen LogP) is 5.01. The molecule has 2 aliphatic rings. The number of halogens is 3. The lowest BCUT2D eigenvalue weighted by molar-refractivity contribution is -0.349. The summed E-state index contributed by atoms with van der Waals surface area (Å²) in [4.78, 5) is 25.8. The topological polar surface area (TPSA) is 111 Å². The summed E-state index contributed by atoms with van der Waals surface area (Å²) >= 11 is 17.2. The summed E-state index contributed by atoms with van der Waals surface area (Å²) in [6.45, 7) is 4.96. The molecular weight excluding hydrogens is 613 g/mol. The van der Waals surface area contributed by atoms with Crippen LogP contribution < -0.4 is 5.32 Å². The Hall–Kier alpha value is -2.41. The van der Waals surface area contributed by atoms with Crippen molar-refractivity contribution < 1.29 is 42.7 Å². The number of alkyl carbamates (subject to hydrolysis) is 1. The zero-order valence-electron chi connectivity index (χ0n) is 22.7. The fourth-order valence-corrected chi connectivity index (χ4v) is 4.60. The summed E-state index contributed by atoms with van der Waals surface area (Å²) in [5.41, 5.74) is 1.58. The molecule has 2 aromatic carbocycles. The Morgan fingerprint density at radius 2 is 1.76 bits per heavy atom. The van der Waals surface area contributed by atoms with E-state index in [1.54, 1.807) is 6.92 Å². The molecule has 2 fully saturated rings. The maximum atomic E-state index is 13.0. The number of fused-ring (bicyclic) bond motifs is 1. The summed E-state index contributed by atoms with van der Waals surface area (Å²) in [5, 5.41) is 2.67. The van der Waals surface area contributed by atoms with Crippen LogP contribution in [0.15, 0.2) is 73.3 Å². The van der Waals surface area contributed by atoms with Gasteiger partial charge in [0.05, 0.1) is 13.2 Å². The Kier molecular flexibility index (Phi) is 11.9. The maximum Gasteiger partial charge on any atom is 0.407 e. The predicted molar refractivity (Wildman–Crippen MR) is 154 cm³/mol. The molecule has 13 heteroatoms. The van der Waals surface area contributed by atoms with Gasteiger partial charge in [-0.3, -0.25) is 0 Å². The van der Waals surface area contributed by atoms with Crippen molar-refractivity contribution >= 4 is 46.9 Å². The largest absolute Gasteiger partial charge is 0.459 e. The Morgan fingerprint density at radius 1 is 1.07 bits per heavy atom. The first kappa shape index (κ1) is 32.5. The number of nitrogens with one attached hydrogen (secondary N) is 1. The number of carbonyl (C=O) groups is 2. The number of esters is 1. The van der Waals surface area contributed by atoms with Crippen LogP contribution in [0.25, 0.3) is 0 Å². The third-order valence-electron chi connectivity index (χ3n) is 6.36. The lowest BCUT2D eigenvalue weighted by Crippen LogP contribution is -2.68. The van der Waals surface area contributed by atoms with Gasteiger partial charge in [0.2, 0.25) is 3.79 Å². The summed E-state index contributed by atoms with van der Waals surface area (Å²) in [7, 11) is 0. The van der Waals surface area contributed by atoms with Crippen LogP contribution in [0.5, 0.6) is 0 Å². The second kappa shape index (κ2) is 15.4. The standard InChI is InChI=1S/C29H32Cl3NO9/c1-3-14-36-27-22(33-28(35)39-17-29(30,31)32)24(40-18(2)25(34)37-15-19-10-6-4-7-11-19)23-21(41-27)16-38-26(42-23)20-12-8-5-9-13-20/h3-13,18,21-24,26-27H,1,14-17H2,2H3,(H,33,35)/t18?,21-,22-,23-,24-,26?,27+/m1/s1. The number of hydrogen-bond donors (Lipinski definition) is 1. The fraction of sp³-hybridized carbons (Fsp3) is 0.448. The van der Waals surface area contributed by atoms with E-state index in [2.05, 4.69) is 11.9 Å². The molecule has 0 saturated carbocycles. The van der Waals surface area contributed by atoms with Crippen molar-refractivity contribution in [3.8, 4) is 0 Å². The molecule has 0 aromatic heterocycles. The van der Waals surface area contributed by atoms with Crippen LogP contribution in [0.4, 0.5) is 4.79 Å². The van der Waals surface area contributed by atoms with Gasteiger partial charge in [-0.25, -0.2) is 9.59 Å². The van der Waals surface area contributed by atoms with Gasteiger partial charge in [0.15, 0.2) is 18.7 Å². The Morgan fingerprint density at radius 3 is 2.43 bits per heavy atom. The minimum absolute atomic E-state index is 0.0593. The molecule has 1 amide bonds. The molecule has 1 N–H and O–H groups in total. The van der Waals surface area contributed by atoms with Crippen LogP contribution in [0, 0.1) is 0 Å². The van der Waals surface area contributed by atoms with Crippen molar-refractivity contribution in [2.75, 3.05) is 19.8 Å². The molecule has 0 spiro atoms. The van der Waals surface area contributed by atoms with Crippen molar-refractivity contribution in [2.24, 2.45) is 0 Å². The molecule has 2 aliphatic heterocycles. The highest BCUT2D eigenvalue weighted by atomic mass is 35.6. The first-order valence-corrected chi connectivity index (χ1v) is 14.3. The smallest absolute Gasteiger partial charge is 0.407 e. The van der Waals surface area contributed by atoms with Crippen molar-refractivity contribution in [3.63, 3.8) is 0 Å². The van der Waals surface area contributed by atoms with Crippen LogP contribution in [-0.2, 0) is 44.6 Å². The number of benzene rings is 2. The lowest BCUT2D eigenvalue weighted by atomic mass is 9.95. The highest BCUT2D eigenvalue weighted by molar-refractivity contribution is 6.67. The molecule has 2 aromatic rings. The molecule has 0 radical (unpaired) electrons. The number of amides is 1. The van der Waals surface area contributed by atoms with Gasteiger partial charge < -0.3 is 38.5 Å². The molecule has 2 heterocycles. The average Bonchev–Trinajstić information content (AvgIpc) is 2.99. The zero-order valence-corrected chi connectivity index (χ0v) is 25.0. The Balaban J connectivity index is 1.57. The van der Waals surface area contributed by atoms with Gasteiger partial charge in [0.25, 0.3) is 0 Å². The lowest BCUT2D eigenvalue weighted by Gasteiger charge is -2.49. The van der Waals surface area contributed by atoms with E-state index >= 15 is 0 Å². The van der Waals surface area contributed by atoms with E-state index < -0.39 is 65.5 Å². The highest BCUT2D eigenvalue weighted by Crippen LogP contribution is 2.36. The molecule has 2 saturated heterocycles. The van der Waals surface area contributed by atoms with Crippen molar-refractivity contribution in [1.82, 2.24) is 5.32 Å². The number of ether oxygens (including phenoxy) is 7. The summed E-state index contributed by atoms with van der Waals surface area (Å²) < 4.78 is 39.3. The molecule has 10 nitrogen and oxygen atoms in total. The van der Waals surface area contributed by atoms with E-state index in [0.29, 0.717) is 0 Å². The molecule has 0 aliphatic carbocycles. The third kappa shape index (κ3) is 9.29. The maximum absolute atomic E-state index is 13.0. The zero-order chi connectivity index (χ0) is 30.1. The van der Waals surface area contributed by atoms with Crippen molar-refractivity contribution in [1.29, 1.82) is 0 Å². The van der Waals surface area contributed by atoms with Gasteiger partial charge in [0, 0.05) is 5.56 Å². The van der Waals surface area contributed by atoms with Gasteiger partial charge in [0.1, 0.15) is 37.6 Å². The minimum atomic E-state index is -1.83. The average molecular weight is 645 g/mol. The van der Waals surface area contributed by atoms with Crippen LogP contribution in [-0.4, -0.2) is 72.4 Å². The van der Waals surface area contributed by atoms with Gasteiger partial charge >= 0.3 is 12.1 Å². The monoisotopic (exact) mass is 643 g/mol. The Bertz CT molecular complexity index is 1170. The Labute approximate surface area is 259 Å². The van der Waals surface area contributed by atoms with E-state index in [-0.39, 0.29) is 19.8 Å². The number of carbonyl (C=O) groups excluding carboxylic acids is 2. The third-order valence-corrected chi connectivity index (χ3v) is 6.68.